The Kier molecular flexibility index (Phi) is 4.48. The molecule has 1 saturated carbocycles. The molecule has 2 N–H and O–H groups in total. The molecule has 1 aliphatic carbocycles. The van der Waals surface area contributed by atoms with E-state index in [0.29, 0.717) is 6.61 Å². The van der Waals surface area contributed by atoms with E-state index in [0.717, 1.165) is 5.01 Å². The number of carboxylic acids is 1. The fraction of sp³-hybridized carbons (Fsp3) is 0.733. The van der Waals surface area contributed by atoms with Gasteiger partial charge in [0.05, 0.1) is 6.10 Å². The van der Waals surface area contributed by atoms with E-state index in [-0.39, 0.29) is 37.0 Å². The van der Waals surface area contributed by atoms with Gasteiger partial charge in [-0.15, -0.1) is 0 Å². The van der Waals surface area contributed by atoms with Crippen LogP contribution in [0, 0.1) is 5.41 Å². The summed E-state index contributed by atoms with van der Waals surface area (Å²) >= 11 is 0. The van der Waals surface area contributed by atoms with Crippen LogP contribution >= 0.6 is 0 Å². The SMILES string of the molecule is CCO[C@@H]1C[C@](NC(=O)C2=NN(C)C(=O)CC2)(C(=O)O)C1(C)C. The van der Waals surface area contributed by atoms with Gasteiger partial charge in [-0.1, -0.05) is 13.8 Å². The Morgan fingerprint density at radius 1 is 1.43 bits per heavy atom. The summed E-state index contributed by atoms with van der Waals surface area (Å²) in [6, 6.07) is 0. The molecule has 0 saturated heterocycles. The van der Waals surface area contributed by atoms with Crippen molar-refractivity contribution in [3.8, 4) is 0 Å². The molecule has 0 aromatic rings. The first kappa shape index (κ1) is 17.4. The summed E-state index contributed by atoms with van der Waals surface area (Å²) in [5.41, 5.74) is -1.98. The smallest absolute Gasteiger partial charge is 0.330 e. The molecule has 8 nitrogen and oxygen atoms in total. The molecule has 1 heterocycles. The topological polar surface area (TPSA) is 108 Å². The number of ether oxygens (including phenoxy) is 1. The second kappa shape index (κ2) is 5.92. The summed E-state index contributed by atoms with van der Waals surface area (Å²) in [4.78, 5) is 35.7. The van der Waals surface area contributed by atoms with Gasteiger partial charge >= 0.3 is 5.97 Å². The first-order chi connectivity index (χ1) is 10.7. The fourth-order valence-electron chi connectivity index (χ4n) is 3.14. The number of hydrazone groups is 1. The first-order valence-electron chi connectivity index (χ1n) is 7.67. The van der Waals surface area contributed by atoms with E-state index in [9.17, 15) is 19.5 Å². The Balaban J connectivity index is 2.19. The number of aliphatic carboxylic acids is 1. The highest BCUT2D eigenvalue weighted by atomic mass is 16.5. The van der Waals surface area contributed by atoms with Crippen molar-refractivity contribution in [3.05, 3.63) is 0 Å². The first-order valence-corrected chi connectivity index (χ1v) is 7.67. The van der Waals surface area contributed by atoms with E-state index < -0.39 is 22.8 Å². The third-order valence-corrected chi connectivity index (χ3v) is 4.93. The molecule has 0 unspecified atom stereocenters. The van der Waals surface area contributed by atoms with Crippen molar-refractivity contribution in [1.29, 1.82) is 0 Å². The van der Waals surface area contributed by atoms with Crippen molar-refractivity contribution in [3.63, 3.8) is 0 Å². The van der Waals surface area contributed by atoms with E-state index in [1.807, 2.05) is 6.92 Å². The van der Waals surface area contributed by atoms with Gasteiger partial charge in [0, 0.05) is 38.3 Å². The fourth-order valence-corrected chi connectivity index (χ4v) is 3.14. The second-order valence-electron chi connectivity index (χ2n) is 6.50. The number of nitrogens with zero attached hydrogens (tertiary/aromatic N) is 2. The van der Waals surface area contributed by atoms with Gasteiger partial charge in [-0.05, 0) is 6.92 Å². The molecule has 2 aliphatic rings. The summed E-state index contributed by atoms with van der Waals surface area (Å²) < 4.78 is 5.56. The lowest BCUT2D eigenvalue weighted by molar-refractivity contribution is -0.193. The molecule has 2 amide bonds. The molecule has 8 heteroatoms. The lowest BCUT2D eigenvalue weighted by atomic mass is 9.54. The Labute approximate surface area is 134 Å². The van der Waals surface area contributed by atoms with E-state index in [4.69, 9.17) is 4.74 Å². The van der Waals surface area contributed by atoms with Crippen molar-refractivity contribution in [2.75, 3.05) is 13.7 Å². The lowest BCUT2D eigenvalue weighted by Crippen LogP contribution is -2.76. The third kappa shape index (κ3) is 2.71. The third-order valence-electron chi connectivity index (χ3n) is 4.93. The maximum Gasteiger partial charge on any atom is 0.330 e. The van der Waals surface area contributed by atoms with E-state index in [1.54, 1.807) is 13.8 Å². The zero-order chi connectivity index (χ0) is 17.4. The minimum atomic E-state index is -1.40. The molecule has 23 heavy (non-hydrogen) atoms. The predicted octanol–water partition coefficient (Wildman–Crippen LogP) is 0.369. The zero-order valence-electron chi connectivity index (χ0n) is 13.9. The number of amides is 2. The molecule has 1 fully saturated rings. The Morgan fingerprint density at radius 2 is 2.09 bits per heavy atom. The monoisotopic (exact) mass is 325 g/mol. The quantitative estimate of drug-likeness (QED) is 0.759. The molecule has 0 aromatic carbocycles. The predicted molar refractivity (Wildman–Crippen MR) is 81.8 cm³/mol. The number of rotatable bonds is 5. The highest BCUT2D eigenvalue weighted by molar-refractivity contribution is 6.40. The molecular weight excluding hydrogens is 302 g/mol. The number of hydrogen-bond acceptors (Lipinski definition) is 5. The average molecular weight is 325 g/mol. The molecule has 1 aliphatic heterocycles. The van der Waals surface area contributed by atoms with Crippen molar-refractivity contribution in [1.82, 2.24) is 10.3 Å². The highest BCUT2D eigenvalue weighted by Gasteiger charge is 2.66. The van der Waals surface area contributed by atoms with Crippen molar-refractivity contribution >= 4 is 23.5 Å². The second-order valence-corrected chi connectivity index (χ2v) is 6.50. The van der Waals surface area contributed by atoms with Crippen LogP contribution < -0.4 is 5.32 Å². The molecule has 2 atom stereocenters. The van der Waals surface area contributed by atoms with Crippen LogP contribution in [-0.4, -0.2) is 58.9 Å². The minimum absolute atomic E-state index is 0.170. The molecule has 0 aromatic heterocycles. The summed E-state index contributed by atoms with van der Waals surface area (Å²) in [5, 5.41) is 17.3. The number of nitrogens with one attached hydrogen (secondary N) is 1. The van der Waals surface area contributed by atoms with Gasteiger partial charge in [-0.2, -0.15) is 5.10 Å². The number of carbonyl (C=O) groups is 3. The van der Waals surface area contributed by atoms with Crippen LogP contribution in [0.4, 0.5) is 0 Å². The van der Waals surface area contributed by atoms with E-state index in [1.165, 1.54) is 7.05 Å². The van der Waals surface area contributed by atoms with Crippen molar-refractivity contribution in [2.24, 2.45) is 10.5 Å². The van der Waals surface area contributed by atoms with Gasteiger partial charge in [0.15, 0.2) is 0 Å². The van der Waals surface area contributed by atoms with Crippen LogP contribution in [0.15, 0.2) is 5.10 Å². The minimum Gasteiger partial charge on any atom is -0.479 e. The Morgan fingerprint density at radius 3 is 2.57 bits per heavy atom. The van der Waals surface area contributed by atoms with Crippen LogP contribution in [-0.2, 0) is 19.1 Å². The van der Waals surface area contributed by atoms with Gasteiger partial charge in [-0.25, -0.2) is 9.80 Å². The average Bonchev–Trinajstić information content (AvgIpc) is 2.48. The number of carboxylic acid groups (broad SMARTS) is 1. The number of carbonyl (C=O) groups excluding carboxylic acids is 2. The normalized spacial score (nSPS) is 29.6. The zero-order valence-corrected chi connectivity index (χ0v) is 13.9. The summed E-state index contributed by atoms with van der Waals surface area (Å²) in [6.07, 6.45) is 0.367. The molecular formula is C15H23N3O5. The van der Waals surface area contributed by atoms with Crippen LogP contribution in [0.25, 0.3) is 0 Å². The van der Waals surface area contributed by atoms with E-state index in [2.05, 4.69) is 10.4 Å². The highest BCUT2D eigenvalue weighted by Crippen LogP contribution is 2.51. The molecule has 128 valence electrons. The molecule has 0 spiro atoms. The van der Waals surface area contributed by atoms with Gasteiger partial charge in [0.1, 0.15) is 11.3 Å². The van der Waals surface area contributed by atoms with Gasteiger partial charge in [-0.3, -0.25) is 9.59 Å². The standard InChI is InChI=1S/C15H23N3O5/c1-5-23-10-8-15(13(21)22,14(10,2)3)16-12(20)9-6-7-11(19)18(4)17-9/h10H,5-8H2,1-4H3,(H,16,20)(H,21,22)/t10-,15+/m1/s1. The van der Waals surface area contributed by atoms with E-state index >= 15 is 0 Å². The van der Waals surface area contributed by atoms with Gasteiger partial charge in [0.2, 0.25) is 5.91 Å². The largest absolute Gasteiger partial charge is 0.479 e. The van der Waals surface area contributed by atoms with Crippen molar-refractivity contribution < 1.29 is 24.2 Å². The molecule has 0 radical (unpaired) electrons. The van der Waals surface area contributed by atoms with Gasteiger partial charge in [0.25, 0.3) is 5.91 Å². The van der Waals surface area contributed by atoms with Crippen LogP contribution in [0.2, 0.25) is 0 Å². The van der Waals surface area contributed by atoms with Crippen LogP contribution in [0.5, 0.6) is 0 Å². The maximum absolute atomic E-state index is 12.4. The molecule has 2 rings (SSSR count). The van der Waals surface area contributed by atoms with Crippen LogP contribution in [0.1, 0.15) is 40.0 Å². The summed E-state index contributed by atoms with van der Waals surface area (Å²) in [6.45, 7) is 5.86. The van der Waals surface area contributed by atoms with Crippen molar-refractivity contribution in [2.45, 2.75) is 51.7 Å². The van der Waals surface area contributed by atoms with Crippen LogP contribution in [0.3, 0.4) is 0 Å². The summed E-state index contributed by atoms with van der Waals surface area (Å²) in [7, 11) is 1.47. The maximum atomic E-state index is 12.4. The van der Waals surface area contributed by atoms with Gasteiger partial charge < -0.3 is 15.2 Å². The summed E-state index contributed by atoms with van der Waals surface area (Å²) in [5.74, 6) is -1.81. The lowest BCUT2D eigenvalue weighted by Gasteiger charge is -2.58. The number of hydrogen-bond donors (Lipinski definition) is 2. The Bertz CT molecular complexity index is 571. The Hall–Kier alpha value is -1.96. The molecule has 0 bridgehead atoms.